The number of carbonyl (C=O) groups excluding carboxylic acids is 1. The van der Waals surface area contributed by atoms with Crippen molar-refractivity contribution in [3.8, 4) is 0 Å². The highest BCUT2D eigenvalue weighted by molar-refractivity contribution is 7.89. The molecule has 0 fully saturated rings. The molecule has 2 N–H and O–H groups in total. The molecule has 29 heavy (non-hydrogen) atoms. The summed E-state index contributed by atoms with van der Waals surface area (Å²) in [6.07, 6.45) is 0. The first-order valence-corrected chi connectivity index (χ1v) is 10.2. The number of benzene rings is 3. The third kappa shape index (κ3) is 4.85. The number of nitrogens with one attached hydrogen (secondary N) is 2. The van der Waals surface area contributed by atoms with Crippen LogP contribution in [0.3, 0.4) is 0 Å². The van der Waals surface area contributed by atoms with Gasteiger partial charge in [0, 0.05) is 6.04 Å². The standard InChI is InChI=1S/C21H18F2N2O3S/c1-14(15-7-3-2-4-8-15)25-29(27,28)16-11-12-20(19(23)13-16)24-21(26)17-9-5-6-10-18(17)22/h2-14,25H,1H3,(H,24,26)/t14-/m0/s1. The molecule has 0 saturated carbocycles. The van der Waals surface area contributed by atoms with E-state index in [1.807, 2.05) is 6.07 Å². The average molecular weight is 416 g/mol. The third-order valence-electron chi connectivity index (χ3n) is 4.25. The molecule has 3 rings (SSSR count). The van der Waals surface area contributed by atoms with Gasteiger partial charge in [0.15, 0.2) is 0 Å². The highest BCUT2D eigenvalue weighted by Crippen LogP contribution is 2.22. The molecule has 0 aliphatic rings. The van der Waals surface area contributed by atoms with Crippen LogP contribution in [0.5, 0.6) is 0 Å². The molecule has 0 radical (unpaired) electrons. The van der Waals surface area contributed by atoms with E-state index >= 15 is 0 Å². The lowest BCUT2D eigenvalue weighted by molar-refractivity contribution is 0.102. The molecule has 0 saturated heterocycles. The first-order chi connectivity index (χ1) is 13.8. The van der Waals surface area contributed by atoms with Gasteiger partial charge in [-0.3, -0.25) is 4.79 Å². The molecule has 5 nitrogen and oxygen atoms in total. The number of anilines is 1. The Bertz CT molecular complexity index is 1140. The van der Waals surface area contributed by atoms with Crippen LogP contribution in [0.25, 0.3) is 0 Å². The second kappa shape index (κ2) is 8.50. The van der Waals surface area contributed by atoms with E-state index in [1.165, 1.54) is 24.3 Å². The van der Waals surface area contributed by atoms with Crippen LogP contribution in [-0.2, 0) is 10.0 Å². The molecule has 0 unspecified atom stereocenters. The van der Waals surface area contributed by atoms with Crippen molar-refractivity contribution in [2.24, 2.45) is 0 Å². The zero-order valence-corrected chi connectivity index (χ0v) is 16.2. The number of halogens is 2. The van der Waals surface area contributed by atoms with Gasteiger partial charge in [0.1, 0.15) is 11.6 Å². The molecule has 0 heterocycles. The average Bonchev–Trinajstić information content (AvgIpc) is 2.70. The Labute approximate surface area is 167 Å². The maximum atomic E-state index is 14.4. The zero-order valence-electron chi connectivity index (χ0n) is 15.4. The predicted octanol–water partition coefficient (Wildman–Crippen LogP) is 4.26. The lowest BCUT2D eigenvalue weighted by Crippen LogP contribution is -2.27. The first kappa shape index (κ1) is 20.6. The van der Waals surface area contributed by atoms with E-state index in [9.17, 15) is 22.0 Å². The summed E-state index contributed by atoms with van der Waals surface area (Å²) in [4.78, 5) is 11.8. The molecule has 1 amide bonds. The molecular formula is C21H18F2N2O3S. The summed E-state index contributed by atoms with van der Waals surface area (Å²) in [5.41, 5.74) is 0.251. The van der Waals surface area contributed by atoms with Crippen molar-refractivity contribution in [3.63, 3.8) is 0 Å². The number of hydrogen-bond acceptors (Lipinski definition) is 3. The van der Waals surface area contributed by atoms with Crippen molar-refractivity contribution in [2.45, 2.75) is 17.9 Å². The molecular weight excluding hydrogens is 398 g/mol. The summed E-state index contributed by atoms with van der Waals surface area (Å²) in [5.74, 6) is -2.54. The summed E-state index contributed by atoms with van der Waals surface area (Å²) in [6.45, 7) is 1.67. The van der Waals surface area contributed by atoms with Gasteiger partial charge in [-0.15, -0.1) is 0 Å². The van der Waals surface area contributed by atoms with E-state index in [4.69, 9.17) is 0 Å². The van der Waals surface area contributed by atoms with Gasteiger partial charge in [-0.2, -0.15) is 0 Å². The molecule has 3 aromatic carbocycles. The van der Waals surface area contributed by atoms with Crippen molar-refractivity contribution < 1.29 is 22.0 Å². The second-order valence-corrected chi connectivity index (χ2v) is 8.04. The normalized spacial score (nSPS) is 12.4. The Hall–Kier alpha value is -3.10. The minimum atomic E-state index is -4.00. The van der Waals surface area contributed by atoms with Crippen LogP contribution in [-0.4, -0.2) is 14.3 Å². The van der Waals surface area contributed by atoms with Crippen molar-refractivity contribution in [2.75, 3.05) is 5.32 Å². The van der Waals surface area contributed by atoms with Gasteiger partial charge < -0.3 is 5.32 Å². The predicted molar refractivity (Wildman–Crippen MR) is 106 cm³/mol. The Balaban J connectivity index is 1.78. The number of amides is 1. The summed E-state index contributed by atoms with van der Waals surface area (Å²) >= 11 is 0. The van der Waals surface area contributed by atoms with Crippen molar-refractivity contribution in [1.82, 2.24) is 4.72 Å². The summed E-state index contributed by atoms with van der Waals surface area (Å²) in [7, 11) is -4.00. The quantitative estimate of drug-likeness (QED) is 0.631. The monoisotopic (exact) mass is 416 g/mol. The third-order valence-corrected chi connectivity index (χ3v) is 5.79. The minimum Gasteiger partial charge on any atom is -0.319 e. The number of hydrogen-bond donors (Lipinski definition) is 2. The number of carbonyl (C=O) groups is 1. The molecule has 3 aromatic rings. The van der Waals surface area contributed by atoms with Crippen molar-refractivity contribution in [1.29, 1.82) is 0 Å². The maximum absolute atomic E-state index is 14.4. The first-order valence-electron chi connectivity index (χ1n) is 8.70. The molecule has 150 valence electrons. The number of rotatable bonds is 6. The van der Waals surface area contributed by atoms with Gasteiger partial charge in [0.05, 0.1) is 16.1 Å². The molecule has 0 aromatic heterocycles. The van der Waals surface area contributed by atoms with Gasteiger partial charge in [0.25, 0.3) is 5.91 Å². The summed E-state index contributed by atoms with van der Waals surface area (Å²) < 4.78 is 55.7. The lowest BCUT2D eigenvalue weighted by atomic mass is 10.1. The van der Waals surface area contributed by atoms with Crippen LogP contribution in [0.2, 0.25) is 0 Å². The van der Waals surface area contributed by atoms with Gasteiger partial charge >= 0.3 is 0 Å². The van der Waals surface area contributed by atoms with E-state index < -0.39 is 33.6 Å². The summed E-state index contributed by atoms with van der Waals surface area (Å²) in [6, 6.07) is 16.8. The van der Waals surface area contributed by atoms with E-state index in [-0.39, 0.29) is 16.1 Å². The van der Waals surface area contributed by atoms with Crippen LogP contribution in [0.1, 0.15) is 28.9 Å². The maximum Gasteiger partial charge on any atom is 0.258 e. The molecule has 0 aliphatic carbocycles. The molecule has 0 aliphatic heterocycles. The van der Waals surface area contributed by atoms with Gasteiger partial charge in [-0.25, -0.2) is 21.9 Å². The summed E-state index contributed by atoms with van der Waals surface area (Å²) in [5, 5.41) is 2.24. The van der Waals surface area contributed by atoms with Crippen molar-refractivity contribution in [3.05, 3.63) is 95.6 Å². The molecule has 8 heteroatoms. The van der Waals surface area contributed by atoms with Crippen molar-refractivity contribution >= 4 is 21.6 Å². The van der Waals surface area contributed by atoms with E-state index in [1.54, 1.807) is 31.2 Å². The fourth-order valence-corrected chi connectivity index (χ4v) is 3.95. The Morgan fingerprint density at radius 2 is 1.55 bits per heavy atom. The SMILES string of the molecule is C[C@H](NS(=O)(=O)c1ccc(NC(=O)c2ccccc2F)c(F)c1)c1ccccc1. The van der Waals surface area contributed by atoms with Gasteiger partial charge in [0.2, 0.25) is 10.0 Å². The fraction of sp³-hybridized carbons (Fsp3) is 0.0952. The highest BCUT2D eigenvalue weighted by atomic mass is 32.2. The topological polar surface area (TPSA) is 75.3 Å². The Morgan fingerprint density at radius 1 is 0.897 bits per heavy atom. The fourth-order valence-electron chi connectivity index (χ4n) is 2.71. The van der Waals surface area contributed by atoms with E-state index in [0.717, 1.165) is 23.8 Å². The smallest absolute Gasteiger partial charge is 0.258 e. The van der Waals surface area contributed by atoms with Crippen LogP contribution in [0, 0.1) is 11.6 Å². The number of sulfonamides is 1. The second-order valence-electron chi connectivity index (χ2n) is 6.33. The lowest BCUT2D eigenvalue weighted by Gasteiger charge is -2.15. The highest BCUT2D eigenvalue weighted by Gasteiger charge is 2.21. The van der Waals surface area contributed by atoms with Gasteiger partial charge in [-0.1, -0.05) is 42.5 Å². The van der Waals surface area contributed by atoms with Crippen LogP contribution >= 0.6 is 0 Å². The Morgan fingerprint density at radius 3 is 2.21 bits per heavy atom. The van der Waals surface area contributed by atoms with Gasteiger partial charge in [-0.05, 0) is 42.8 Å². The van der Waals surface area contributed by atoms with Crippen LogP contribution in [0.4, 0.5) is 14.5 Å². The molecule has 0 bridgehead atoms. The van der Waals surface area contributed by atoms with E-state index in [0.29, 0.717) is 0 Å². The molecule has 1 atom stereocenters. The van der Waals surface area contributed by atoms with E-state index in [2.05, 4.69) is 10.0 Å². The van der Waals surface area contributed by atoms with Crippen LogP contribution < -0.4 is 10.0 Å². The van der Waals surface area contributed by atoms with Crippen LogP contribution in [0.15, 0.2) is 77.7 Å². The molecule has 0 spiro atoms. The minimum absolute atomic E-state index is 0.248. The largest absolute Gasteiger partial charge is 0.319 e. The Kier molecular flexibility index (Phi) is 6.05. The zero-order chi connectivity index (χ0) is 21.0.